The molecule has 1 aliphatic heterocycles. The Labute approximate surface area is 210 Å². The van der Waals surface area contributed by atoms with Crippen LogP contribution in [-0.2, 0) is 29.0 Å². The van der Waals surface area contributed by atoms with Crippen molar-refractivity contribution in [2.45, 2.75) is 59.2 Å². The van der Waals surface area contributed by atoms with Crippen molar-refractivity contribution in [2.24, 2.45) is 0 Å². The second kappa shape index (κ2) is 11.4. The van der Waals surface area contributed by atoms with Gasteiger partial charge in [-0.2, -0.15) is 5.10 Å². The molecule has 1 aliphatic rings. The van der Waals surface area contributed by atoms with Gasteiger partial charge in [0.15, 0.2) is 5.65 Å². The first-order valence-electron chi connectivity index (χ1n) is 12.4. The zero-order valence-electron chi connectivity index (χ0n) is 21.3. The first-order chi connectivity index (χ1) is 17.4. The summed E-state index contributed by atoms with van der Waals surface area (Å²) in [5.74, 6) is -0.0855. The predicted octanol–water partition coefficient (Wildman–Crippen LogP) is 3.50. The van der Waals surface area contributed by atoms with E-state index in [0.29, 0.717) is 30.0 Å². The number of benzene rings is 1. The number of nitrogens with zero attached hydrogens (tertiary/aromatic N) is 3. The summed E-state index contributed by atoms with van der Waals surface area (Å²) in [6.07, 6.45) is 4.39. The minimum absolute atomic E-state index is 0.194. The predicted molar refractivity (Wildman–Crippen MR) is 139 cm³/mol. The number of methoxy groups -OCH3 is 1. The number of rotatable bonds is 9. The van der Waals surface area contributed by atoms with Gasteiger partial charge in [-0.1, -0.05) is 6.92 Å². The summed E-state index contributed by atoms with van der Waals surface area (Å²) < 4.78 is 12.9. The van der Waals surface area contributed by atoms with Gasteiger partial charge in [-0.25, -0.2) is 9.67 Å². The summed E-state index contributed by atoms with van der Waals surface area (Å²) in [6, 6.07) is 5.24. The summed E-state index contributed by atoms with van der Waals surface area (Å²) in [5.41, 5.74) is 4.63. The zero-order chi connectivity index (χ0) is 25.7. The zero-order valence-corrected chi connectivity index (χ0v) is 21.3. The lowest BCUT2D eigenvalue weighted by Gasteiger charge is -2.26. The number of pyridine rings is 1. The van der Waals surface area contributed by atoms with Gasteiger partial charge in [-0.05, 0) is 38.3 Å². The molecule has 1 aromatic carbocycles. The van der Waals surface area contributed by atoms with Crippen molar-refractivity contribution in [1.82, 2.24) is 20.1 Å². The number of ether oxygens (including phenoxy) is 2. The quantitative estimate of drug-likeness (QED) is 0.416. The van der Waals surface area contributed by atoms with Gasteiger partial charge >= 0.3 is 0 Å². The molecule has 4 rings (SSSR count). The van der Waals surface area contributed by atoms with E-state index in [2.05, 4.69) is 28.0 Å². The van der Waals surface area contributed by atoms with Gasteiger partial charge in [0, 0.05) is 62.3 Å². The lowest BCUT2D eigenvalue weighted by Crippen LogP contribution is -2.30. The molecule has 0 aliphatic carbocycles. The lowest BCUT2D eigenvalue weighted by atomic mass is 10.0. The summed E-state index contributed by atoms with van der Waals surface area (Å²) in [6.45, 7) is 8.00. The molecular formula is C26H34N6O4. The van der Waals surface area contributed by atoms with E-state index in [1.165, 1.54) is 14.0 Å². The monoisotopic (exact) mass is 494 g/mol. The third-order valence-corrected chi connectivity index (χ3v) is 6.37. The highest BCUT2D eigenvalue weighted by Gasteiger charge is 2.22. The van der Waals surface area contributed by atoms with Crippen LogP contribution in [0, 0.1) is 0 Å². The maximum Gasteiger partial charge on any atom is 0.255 e. The van der Waals surface area contributed by atoms with Crippen LogP contribution in [0.5, 0.6) is 5.75 Å². The fourth-order valence-electron chi connectivity index (χ4n) is 4.52. The molecule has 0 atom stereocenters. The number of aryl methyl sites for hydroxylation is 2. The second-order valence-electron chi connectivity index (χ2n) is 8.77. The Morgan fingerprint density at radius 2 is 2.00 bits per heavy atom. The van der Waals surface area contributed by atoms with Gasteiger partial charge in [0.25, 0.3) is 5.91 Å². The van der Waals surface area contributed by atoms with Crippen molar-refractivity contribution in [1.29, 1.82) is 0 Å². The molecule has 0 saturated carbocycles. The maximum atomic E-state index is 13.2. The van der Waals surface area contributed by atoms with Crippen molar-refractivity contribution in [3.8, 4) is 5.75 Å². The fraction of sp³-hybridized carbons (Fsp3) is 0.462. The van der Waals surface area contributed by atoms with Crippen molar-refractivity contribution in [3.05, 3.63) is 41.2 Å². The first-order valence-corrected chi connectivity index (χ1v) is 12.4. The molecule has 2 amide bonds. The number of carbonyl (C=O) groups is 2. The molecule has 1 saturated heterocycles. The number of aromatic nitrogens is 3. The molecule has 10 heteroatoms. The molecule has 36 heavy (non-hydrogen) atoms. The largest absolute Gasteiger partial charge is 0.496 e. The van der Waals surface area contributed by atoms with Gasteiger partial charge < -0.3 is 25.4 Å². The third kappa shape index (κ3) is 5.43. The van der Waals surface area contributed by atoms with E-state index in [1.807, 2.05) is 17.8 Å². The van der Waals surface area contributed by atoms with Crippen LogP contribution in [0.2, 0.25) is 0 Å². The van der Waals surface area contributed by atoms with Crippen LogP contribution in [-0.4, -0.2) is 52.9 Å². The van der Waals surface area contributed by atoms with E-state index in [1.54, 1.807) is 18.2 Å². The van der Waals surface area contributed by atoms with E-state index in [-0.39, 0.29) is 17.9 Å². The summed E-state index contributed by atoms with van der Waals surface area (Å²) in [4.78, 5) is 29.5. The third-order valence-electron chi connectivity index (χ3n) is 6.37. The summed E-state index contributed by atoms with van der Waals surface area (Å²) in [7, 11) is 1.50. The SMILES string of the molecule is CCc1nc2c(cnn2CC)c(NC2CCOCC2)c1CNC(=O)c1ccc(NC(C)=O)cc1OC. The molecule has 0 bridgehead atoms. The number of hydrogen-bond donors (Lipinski definition) is 3. The van der Waals surface area contributed by atoms with Gasteiger partial charge in [-0.3, -0.25) is 9.59 Å². The molecule has 0 spiro atoms. The van der Waals surface area contributed by atoms with Crippen molar-refractivity contribution in [2.75, 3.05) is 31.0 Å². The highest BCUT2D eigenvalue weighted by Crippen LogP contribution is 2.31. The Morgan fingerprint density at radius 1 is 1.22 bits per heavy atom. The van der Waals surface area contributed by atoms with E-state index in [4.69, 9.17) is 14.5 Å². The van der Waals surface area contributed by atoms with E-state index < -0.39 is 0 Å². The molecule has 3 N–H and O–H groups in total. The first kappa shape index (κ1) is 25.4. The molecule has 3 heterocycles. The van der Waals surface area contributed by atoms with Gasteiger partial charge in [0.05, 0.1) is 29.9 Å². The second-order valence-corrected chi connectivity index (χ2v) is 8.77. The molecule has 3 aromatic rings. The van der Waals surface area contributed by atoms with E-state index in [0.717, 1.165) is 60.6 Å². The molecule has 10 nitrogen and oxygen atoms in total. The molecule has 192 valence electrons. The standard InChI is InChI=1S/C26H34N6O4/c1-5-22-20(14-27-26(34)19-8-7-18(29-16(3)33)13-23(19)35-4)24(30-17-9-11-36-12-10-17)21-15-28-32(6-2)25(21)31-22/h7-8,13,15,17H,5-6,9-12,14H2,1-4H3,(H,27,34)(H,29,33)(H,30,31). The number of hydrogen-bond acceptors (Lipinski definition) is 7. The minimum atomic E-state index is -0.273. The number of nitrogens with one attached hydrogen (secondary N) is 3. The van der Waals surface area contributed by atoms with Crippen LogP contribution >= 0.6 is 0 Å². The highest BCUT2D eigenvalue weighted by atomic mass is 16.5. The molecule has 0 radical (unpaired) electrons. The molecule has 0 unspecified atom stereocenters. The van der Waals surface area contributed by atoms with E-state index in [9.17, 15) is 9.59 Å². The van der Waals surface area contributed by atoms with Crippen molar-refractivity contribution in [3.63, 3.8) is 0 Å². The van der Waals surface area contributed by atoms with Crippen molar-refractivity contribution < 1.29 is 19.1 Å². The topological polar surface area (TPSA) is 119 Å². The fourth-order valence-corrected chi connectivity index (χ4v) is 4.52. The average Bonchev–Trinajstić information content (AvgIpc) is 3.30. The van der Waals surface area contributed by atoms with E-state index >= 15 is 0 Å². The number of fused-ring (bicyclic) bond motifs is 1. The van der Waals surface area contributed by atoms with Gasteiger partial charge in [0.2, 0.25) is 5.91 Å². The lowest BCUT2D eigenvalue weighted by molar-refractivity contribution is -0.114. The van der Waals surface area contributed by atoms with Crippen LogP contribution in [0.4, 0.5) is 11.4 Å². The number of amides is 2. The summed E-state index contributed by atoms with van der Waals surface area (Å²) in [5, 5.41) is 15.0. The Morgan fingerprint density at radius 3 is 2.67 bits per heavy atom. The molecule has 1 fully saturated rings. The average molecular weight is 495 g/mol. The van der Waals surface area contributed by atoms with Crippen LogP contribution in [0.25, 0.3) is 11.0 Å². The summed E-state index contributed by atoms with van der Waals surface area (Å²) >= 11 is 0. The molecule has 2 aromatic heterocycles. The number of anilines is 2. The van der Waals surface area contributed by atoms with Crippen LogP contribution in [0.3, 0.4) is 0 Å². The van der Waals surface area contributed by atoms with Crippen molar-refractivity contribution >= 4 is 34.2 Å². The Kier molecular flexibility index (Phi) is 8.04. The van der Waals surface area contributed by atoms with Gasteiger partial charge in [-0.15, -0.1) is 0 Å². The van der Waals surface area contributed by atoms with Gasteiger partial charge in [0.1, 0.15) is 5.75 Å². The molecular weight excluding hydrogens is 460 g/mol. The van der Waals surface area contributed by atoms with Crippen LogP contribution in [0.1, 0.15) is 55.2 Å². The minimum Gasteiger partial charge on any atom is -0.496 e. The normalized spacial score (nSPS) is 14.0. The van der Waals surface area contributed by atoms with Crippen LogP contribution < -0.4 is 20.7 Å². The smallest absolute Gasteiger partial charge is 0.255 e. The Balaban J connectivity index is 1.65. The maximum absolute atomic E-state index is 13.2. The number of carbonyl (C=O) groups excluding carboxylic acids is 2. The Bertz CT molecular complexity index is 1250. The highest BCUT2D eigenvalue weighted by molar-refractivity contribution is 5.99. The Hall–Kier alpha value is -3.66. The van der Waals surface area contributed by atoms with Crippen LogP contribution in [0.15, 0.2) is 24.4 Å².